The number of hydrogen-bond acceptors (Lipinski definition) is 3. The summed E-state index contributed by atoms with van der Waals surface area (Å²) >= 11 is 0. The van der Waals surface area contributed by atoms with Gasteiger partial charge in [-0.2, -0.15) is 0 Å². The highest BCUT2D eigenvalue weighted by atomic mass is 32.2. The van der Waals surface area contributed by atoms with Crippen molar-refractivity contribution in [1.82, 2.24) is 0 Å². The van der Waals surface area contributed by atoms with E-state index in [9.17, 15) is 13.2 Å². The van der Waals surface area contributed by atoms with Gasteiger partial charge in [-0.3, -0.25) is 9.10 Å². The van der Waals surface area contributed by atoms with Gasteiger partial charge in [0.2, 0.25) is 10.0 Å². The van der Waals surface area contributed by atoms with Crippen molar-refractivity contribution in [2.75, 3.05) is 16.6 Å². The van der Waals surface area contributed by atoms with Gasteiger partial charge in [0.05, 0.1) is 11.4 Å². The number of anilines is 1. The summed E-state index contributed by atoms with van der Waals surface area (Å²) in [6, 6.07) is 5.23. The third-order valence-electron chi connectivity index (χ3n) is 2.60. The molecule has 1 rings (SSSR count). The highest BCUT2D eigenvalue weighted by Crippen LogP contribution is 2.23. The Morgan fingerprint density at radius 1 is 1.33 bits per heavy atom. The molecule has 0 heterocycles. The number of hydrogen-bond donors (Lipinski definition) is 1. The third-order valence-corrected chi connectivity index (χ3v) is 4.33. The van der Waals surface area contributed by atoms with Gasteiger partial charge in [-0.25, -0.2) is 8.42 Å². The molecule has 1 aromatic rings. The summed E-state index contributed by atoms with van der Waals surface area (Å²) < 4.78 is 24.8. The van der Waals surface area contributed by atoms with Crippen molar-refractivity contribution in [2.45, 2.75) is 20.8 Å². The van der Waals surface area contributed by atoms with Crippen molar-refractivity contribution < 1.29 is 18.3 Å². The fourth-order valence-corrected chi connectivity index (χ4v) is 2.82. The topological polar surface area (TPSA) is 74.7 Å². The molecule has 18 heavy (non-hydrogen) atoms. The van der Waals surface area contributed by atoms with E-state index in [0.717, 1.165) is 15.4 Å². The second-order valence-electron chi connectivity index (χ2n) is 4.09. The van der Waals surface area contributed by atoms with Gasteiger partial charge in [-0.1, -0.05) is 17.7 Å². The van der Waals surface area contributed by atoms with Crippen LogP contribution in [0, 0.1) is 13.8 Å². The molecule has 1 aromatic carbocycles. The lowest BCUT2D eigenvalue weighted by Gasteiger charge is -2.23. The van der Waals surface area contributed by atoms with Crippen LogP contribution in [0.1, 0.15) is 18.1 Å². The van der Waals surface area contributed by atoms with E-state index in [1.54, 1.807) is 19.1 Å². The maximum Gasteiger partial charge on any atom is 0.324 e. The molecule has 1 N–H and O–H groups in total. The van der Waals surface area contributed by atoms with Crippen LogP contribution in [0.15, 0.2) is 18.2 Å². The van der Waals surface area contributed by atoms with Crippen LogP contribution in [0.25, 0.3) is 0 Å². The molecule has 0 unspecified atom stereocenters. The number of nitrogens with zero attached hydrogens (tertiary/aromatic N) is 1. The maximum atomic E-state index is 11.9. The number of carbonyl (C=O) groups is 1. The first-order chi connectivity index (χ1) is 8.27. The molecule has 100 valence electrons. The van der Waals surface area contributed by atoms with Gasteiger partial charge in [-0.05, 0) is 32.4 Å². The van der Waals surface area contributed by atoms with Crippen LogP contribution in [0.5, 0.6) is 0 Å². The van der Waals surface area contributed by atoms with Crippen LogP contribution in [0.3, 0.4) is 0 Å². The quantitative estimate of drug-likeness (QED) is 0.881. The van der Waals surface area contributed by atoms with Gasteiger partial charge in [0, 0.05) is 0 Å². The average molecular weight is 271 g/mol. The molecule has 0 aliphatic carbocycles. The third kappa shape index (κ3) is 3.22. The van der Waals surface area contributed by atoms with Crippen LogP contribution in [-0.4, -0.2) is 31.8 Å². The van der Waals surface area contributed by atoms with E-state index >= 15 is 0 Å². The molecule has 0 spiro atoms. The molecule has 0 bridgehead atoms. The lowest BCUT2D eigenvalue weighted by atomic mass is 10.1. The molecule has 0 saturated heterocycles. The maximum absolute atomic E-state index is 11.9. The molecule has 0 aromatic heterocycles. The minimum Gasteiger partial charge on any atom is -0.480 e. The van der Waals surface area contributed by atoms with Gasteiger partial charge in [0.15, 0.2) is 0 Å². The Kier molecular flexibility index (Phi) is 4.34. The van der Waals surface area contributed by atoms with Gasteiger partial charge in [0.1, 0.15) is 6.54 Å². The number of benzene rings is 1. The first-order valence-electron chi connectivity index (χ1n) is 5.57. The first kappa shape index (κ1) is 14.5. The predicted octanol–water partition coefficient (Wildman–Crippen LogP) is 1.54. The van der Waals surface area contributed by atoms with Crippen LogP contribution in [-0.2, 0) is 14.8 Å². The van der Waals surface area contributed by atoms with Crippen LogP contribution in [0.2, 0.25) is 0 Å². The Balaban J connectivity index is 3.30. The van der Waals surface area contributed by atoms with Crippen molar-refractivity contribution in [2.24, 2.45) is 0 Å². The summed E-state index contributed by atoms with van der Waals surface area (Å²) in [7, 11) is -3.59. The van der Waals surface area contributed by atoms with E-state index in [0.29, 0.717) is 5.69 Å². The zero-order chi connectivity index (χ0) is 13.9. The minimum atomic E-state index is -3.59. The van der Waals surface area contributed by atoms with Crippen LogP contribution >= 0.6 is 0 Å². The Bertz CT molecular complexity index is 551. The van der Waals surface area contributed by atoms with Crippen molar-refractivity contribution >= 4 is 21.7 Å². The van der Waals surface area contributed by atoms with Crippen molar-refractivity contribution in [3.8, 4) is 0 Å². The normalized spacial score (nSPS) is 11.3. The van der Waals surface area contributed by atoms with Crippen molar-refractivity contribution in [3.05, 3.63) is 29.3 Å². The van der Waals surface area contributed by atoms with Gasteiger partial charge in [-0.15, -0.1) is 0 Å². The highest BCUT2D eigenvalue weighted by molar-refractivity contribution is 7.92. The van der Waals surface area contributed by atoms with E-state index in [1.807, 2.05) is 13.0 Å². The van der Waals surface area contributed by atoms with E-state index in [-0.39, 0.29) is 5.75 Å². The molecule has 0 aliphatic heterocycles. The second-order valence-corrected chi connectivity index (χ2v) is 6.27. The number of carboxylic acids is 1. The predicted molar refractivity (Wildman–Crippen MR) is 70.4 cm³/mol. The lowest BCUT2D eigenvalue weighted by molar-refractivity contribution is -0.135. The van der Waals surface area contributed by atoms with Gasteiger partial charge in [0.25, 0.3) is 0 Å². The van der Waals surface area contributed by atoms with E-state index in [2.05, 4.69) is 0 Å². The number of aryl methyl sites for hydroxylation is 2. The summed E-state index contributed by atoms with van der Waals surface area (Å²) in [5, 5.41) is 8.84. The van der Waals surface area contributed by atoms with Crippen LogP contribution in [0.4, 0.5) is 5.69 Å². The Hall–Kier alpha value is -1.56. The zero-order valence-electron chi connectivity index (χ0n) is 10.7. The minimum absolute atomic E-state index is 0.131. The molecule has 5 nitrogen and oxygen atoms in total. The molecular formula is C12H17NO4S. The summed E-state index contributed by atoms with van der Waals surface area (Å²) in [6.45, 7) is 4.60. The Morgan fingerprint density at radius 2 is 1.94 bits per heavy atom. The molecule has 6 heteroatoms. The summed E-state index contributed by atoms with van der Waals surface area (Å²) in [5.41, 5.74) is 2.17. The fraction of sp³-hybridized carbons (Fsp3) is 0.417. The van der Waals surface area contributed by atoms with E-state index < -0.39 is 22.5 Å². The first-order valence-corrected chi connectivity index (χ1v) is 7.18. The number of rotatable bonds is 5. The van der Waals surface area contributed by atoms with E-state index in [4.69, 9.17) is 5.11 Å². The molecule has 0 saturated carbocycles. The Morgan fingerprint density at radius 3 is 2.39 bits per heavy atom. The van der Waals surface area contributed by atoms with Crippen molar-refractivity contribution in [1.29, 1.82) is 0 Å². The second kappa shape index (κ2) is 5.39. The molecule has 0 atom stereocenters. The van der Waals surface area contributed by atoms with E-state index in [1.165, 1.54) is 6.92 Å². The van der Waals surface area contributed by atoms with Gasteiger partial charge >= 0.3 is 5.97 Å². The summed E-state index contributed by atoms with van der Waals surface area (Å²) in [6.07, 6.45) is 0. The molecule has 0 fully saturated rings. The molecule has 0 amide bonds. The zero-order valence-corrected chi connectivity index (χ0v) is 11.5. The number of sulfonamides is 1. The summed E-state index contributed by atoms with van der Waals surface area (Å²) in [5.74, 6) is -1.31. The number of aliphatic carboxylic acids is 1. The smallest absolute Gasteiger partial charge is 0.324 e. The average Bonchev–Trinajstić information content (AvgIpc) is 2.26. The monoisotopic (exact) mass is 271 g/mol. The van der Waals surface area contributed by atoms with Crippen molar-refractivity contribution in [3.63, 3.8) is 0 Å². The largest absolute Gasteiger partial charge is 0.480 e. The standard InChI is InChI=1S/C12H17NO4S/c1-4-18(16,17)13(8-12(14)15)11-6-5-9(2)7-10(11)3/h5-7H,4,8H2,1-3H3,(H,14,15). The number of carboxylic acid groups (broad SMARTS) is 1. The summed E-state index contributed by atoms with van der Waals surface area (Å²) in [4.78, 5) is 10.8. The molecule has 0 radical (unpaired) electrons. The highest BCUT2D eigenvalue weighted by Gasteiger charge is 2.24. The SMILES string of the molecule is CCS(=O)(=O)N(CC(=O)O)c1ccc(C)cc1C. The van der Waals surface area contributed by atoms with Crippen LogP contribution < -0.4 is 4.31 Å². The van der Waals surface area contributed by atoms with Gasteiger partial charge < -0.3 is 5.11 Å². The fourth-order valence-electron chi connectivity index (χ4n) is 1.70. The molecule has 0 aliphatic rings. The Labute approximate surface area is 107 Å². The molecular weight excluding hydrogens is 254 g/mol. The lowest BCUT2D eigenvalue weighted by Crippen LogP contribution is -2.37.